The first-order chi connectivity index (χ1) is 12.6. The van der Waals surface area contributed by atoms with E-state index < -0.39 is 6.10 Å². The van der Waals surface area contributed by atoms with Crippen LogP contribution in [0.25, 0.3) is 0 Å². The number of hydrogen-bond acceptors (Lipinski definition) is 3. The number of amides is 1. The molecule has 1 aromatic carbocycles. The summed E-state index contributed by atoms with van der Waals surface area (Å²) in [5, 5.41) is 10.3. The molecule has 0 radical (unpaired) electrons. The van der Waals surface area contributed by atoms with Gasteiger partial charge in [-0.15, -0.1) is 0 Å². The van der Waals surface area contributed by atoms with Crippen LogP contribution in [0, 0.1) is 11.7 Å². The van der Waals surface area contributed by atoms with Crippen LogP contribution >= 0.6 is 0 Å². The molecule has 1 fully saturated rings. The summed E-state index contributed by atoms with van der Waals surface area (Å²) < 4.78 is 13.4. The first-order valence-corrected chi connectivity index (χ1v) is 9.21. The number of carbonyl (C=O) groups is 1. The Bertz CT molecular complexity index is 723. The lowest BCUT2D eigenvalue weighted by molar-refractivity contribution is -0.135. The van der Waals surface area contributed by atoms with E-state index >= 15 is 0 Å². The number of likely N-dealkylation sites (tertiary alicyclic amines) is 1. The van der Waals surface area contributed by atoms with Crippen LogP contribution in [0.1, 0.15) is 30.4 Å². The zero-order valence-electron chi connectivity index (χ0n) is 14.9. The topological polar surface area (TPSA) is 53.4 Å². The average Bonchev–Trinajstić information content (AvgIpc) is 2.64. The summed E-state index contributed by atoms with van der Waals surface area (Å²) in [5.41, 5.74) is 2.05. The summed E-state index contributed by atoms with van der Waals surface area (Å²) in [4.78, 5) is 18.4. The smallest absolute Gasteiger partial charge is 0.222 e. The summed E-state index contributed by atoms with van der Waals surface area (Å²) in [7, 11) is 0. The van der Waals surface area contributed by atoms with Crippen molar-refractivity contribution in [3.63, 3.8) is 0 Å². The summed E-state index contributed by atoms with van der Waals surface area (Å²) in [6, 6.07) is 10.4. The fraction of sp³-hybridized carbons (Fsp3) is 0.429. The molecule has 1 N–H and O–H groups in total. The maximum Gasteiger partial charge on any atom is 0.222 e. The molecule has 5 heteroatoms. The molecule has 0 unspecified atom stereocenters. The molecule has 3 rings (SSSR count). The Morgan fingerprint density at radius 3 is 2.81 bits per heavy atom. The molecular formula is C21H25FN2O2. The number of aliphatic hydroxyl groups excluding tert-OH is 1. The maximum atomic E-state index is 13.4. The van der Waals surface area contributed by atoms with Gasteiger partial charge in [0.15, 0.2) is 0 Å². The second kappa shape index (κ2) is 8.90. The molecule has 1 aromatic heterocycles. The zero-order valence-corrected chi connectivity index (χ0v) is 14.9. The van der Waals surface area contributed by atoms with Crippen LogP contribution < -0.4 is 0 Å². The second-order valence-electron chi connectivity index (χ2n) is 7.00. The van der Waals surface area contributed by atoms with Crippen molar-refractivity contribution in [2.45, 2.75) is 38.2 Å². The number of aliphatic hydroxyl groups is 1. The molecule has 2 heterocycles. The Balaban J connectivity index is 1.51. The highest BCUT2D eigenvalue weighted by Crippen LogP contribution is 2.23. The van der Waals surface area contributed by atoms with E-state index in [1.54, 1.807) is 18.5 Å². The molecule has 0 spiro atoms. The molecule has 1 aliphatic rings. The molecule has 0 saturated carbocycles. The standard InChI is InChI=1S/C21H25FN2O2/c22-19-5-1-4-17(14-19)13-18-15-24(12-9-20(18)25)21(26)6-2-3-16-7-10-23-11-8-16/h1,4-5,7-8,10-11,14,18,20,25H,2-3,6,9,12-13,15H2/t18-,20+/m1/s1. The van der Waals surface area contributed by atoms with Crippen LogP contribution in [0.3, 0.4) is 0 Å². The van der Waals surface area contributed by atoms with Gasteiger partial charge in [0.05, 0.1) is 6.10 Å². The average molecular weight is 356 g/mol. The van der Waals surface area contributed by atoms with Crippen LogP contribution in [0.15, 0.2) is 48.8 Å². The second-order valence-corrected chi connectivity index (χ2v) is 7.00. The fourth-order valence-corrected chi connectivity index (χ4v) is 3.56. The zero-order chi connectivity index (χ0) is 18.4. The van der Waals surface area contributed by atoms with Gasteiger partial charge in [0, 0.05) is 37.8 Å². The largest absolute Gasteiger partial charge is 0.393 e. The number of nitrogens with zero attached hydrogens (tertiary/aromatic N) is 2. The highest BCUT2D eigenvalue weighted by atomic mass is 19.1. The van der Waals surface area contributed by atoms with E-state index in [1.165, 1.54) is 17.7 Å². The van der Waals surface area contributed by atoms with Crippen LogP contribution in [0.4, 0.5) is 4.39 Å². The van der Waals surface area contributed by atoms with Gasteiger partial charge in [0.25, 0.3) is 0 Å². The van der Waals surface area contributed by atoms with Gasteiger partial charge in [0.1, 0.15) is 5.82 Å². The third-order valence-corrected chi connectivity index (χ3v) is 5.04. The number of halogens is 1. The third kappa shape index (κ3) is 5.11. The van der Waals surface area contributed by atoms with E-state index in [-0.39, 0.29) is 17.6 Å². The van der Waals surface area contributed by atoms with E-state index in [0.717, 1.165) is 18.4 Å². The molecule has 2 atom stereocenters. The van der Waals surface area contributed by atoms with Crippen LogP contribution in [-0.2, 0) is 17.6 Å². The van der Waals surface area contributed by atoms with E-state index in [4.69, 9.17) is 0 Å². The quantitative estimate of drug-likeness (QED) is 0.866. The number of pyridine rings is 1. The molecule has 138 valence electrons. The van der Waals surface area contributed by atoms with Gasteiger partial charge in [-0.1, -0.05) is 12.1 Å². The molecule has 26 heavy (non-hydrogen) atoms. The maximum absolute atomic E-state index is 13.4. The van der Waals surface area contributed by atoms with E-state index in [2.05, 4.69) is 4.98 Å². The molecule has 0 bridgehead atoms. The van der Waals surface area contributed by atoms with Crippen molar-refractivity contribution < 1.29 is 14.3 Å². The van der Waals surface area contributed by atoms with E-state index in [9.17, 15) is 14.3 Å². The molecule has 2 aromatic rings. The highest BCUT2D eigenvalue weighted by Gasteiger charge is 2.30. The normalized spacial score (nSPS) is 20.2. The minimum atomic E-state index is -0.445. The Hall–Kier alpha value is -2.27. The highest BCUT2D eigenvalue weighted by molar-refractivity contribution is 5.76. The summed E-state index contributed by atoms with van der Waals surface area (Å²) >= 11 is 0. The van der Waals surface area contributed by atoms with Gasteiger partial charge in [-0.25, -0.2) is 4.39 Å². The first kappa shape index (κ1) is 18.5. The number of aromatic nitrogens is 1. The number of benzene rings is 1. The lowest BCUT2D eigenvalue weighted by Crippen LogP contribution is -2.46. The van der Waals surface area contributed by atoms with Gasteiger partial charge in [-0.05, 0) is 61.1 Å². The lowest BCUT2D eigenvalue weighted by atomic mass is 9.88. The Morgan fingerprint density at radius 2 is 2.04 bits per heavy atom. The van der Waals surface area contributed by atoms with Gasteiger partial charge >= 0.3 is 0 Å². The van der Waals surface area contributed by atoms with Gasteiger partial charge in [-0.3, -0.25) is 9.78 Å². The fourth-order valence-electron chi connectivity index (χ4n) is 3.56. The molecule has 4 nitrogen and oxygen atoms in total. The predicted octanol–water partition coefficient (Wildman–Crippen LogP) is 3.00. The number of rotatable bonds is 6. The van der Waals surface area contributed by atoms with Crippen LogP contribution in [-0.4, -0.2) is 40.1 Å². The van der Waals surface area contributed by atoms with Gasteiger partial charge < -0.3 is 10.0 Å². The summed E-state index contributed by atoms with van der Waals surface area (Å²) in [6.45, 7) is 1.13. The van der Waals surface area contributed by atoms with E-state index in [0.29, 0.717) is 32.4 Å². The molecule has 1 saturated heterocycles. The van der Waals surface area contributed by atoms with E-state index in [1.807, 2.05) is 23.1 Å². The lowest BCUT2D eigenvalue weighted by Gasteiger charge is -2.36. The first-order valence-electron chi connectivity index (χ1n) is 9.21. The summed E-state index contributed by atoms with van der Waals surface area (Å²) in [6.07, 6.45) is 6.41. The number of piperidine rings is 1. The van der Waals surface area contributed by atoms with Crippen LogP contribution in [0.5, 0.6) is 0 Å². The van der Waals surface area contributed by atoms with Crippen LogP contribution in [0.2, 0.25) is 0 Å². The van der Waals surface area contributed by atoms with Gasteiger partial charge in [-0.2, -0.15) is 0 Å². The predicted molar refractivity (Wildman–Crippen MR) is 98.0 cm³/mol. The number of carbonyl (C=O) groups excluding carboxylic acids is 1. The number of aryl methyl sites for hydroxylation is 1. The Morgan fingerprint density at radius 1 is 1.23 bits per heavy atom. The van der Waals surface area contributed by atoms with Crippen molar-refractivity contribution in [1.29, 1.82) is 0 Å². The minimum Gasteiger partial charge on any atom is -0.393 e. The molecule has 1 amide bonds. The molecular weight excluding hydrogens is 331 g/mol. The van der Waals surface area contributed by atoms with Crippen molar-refractivity contribution in [1.82, 2.24) is 9.88 Å². The van der Waals surface area contributed by atoms with Crippen molar-refractivity contribution in [3.8, 4) is 0 Å². The summed E-state index contributed by atoms with van der Waals surface area (Å²) in [5.74, 6) is -0.179. The van der Waals surface area contributed by atoms with Crippen molar-refractivity contribution in [2.75, 3.05) is 13.1 Å². The molecule has 1 aliphatic heterocycles. The van der Waals surface area contributed by atoms with Crippen molar-refractivity contribution in [3.05, 3.63) is 65.7 Å². The van der Waals surface area contributed by atoms with Crippen molar-refractivity contribution >= 4 is 5.91 Å². The number of hydrogen-bond donors (Lipinski definition) is 1. The third-order valence-electron chi connectivity index (χ3n) is 5.04. The van der Waals surface area contributed by atoms with Gasteiger partial charge in [0.2, 0.25) is 5.91 Å². The Labute approximate surface area is 153 Å². The SMILES string of the molecule is O=C(CCCc1ccncc1)N1CC[C@H](O)[C@H](Cc2cccc(F)c2)C1. The van der Waals surface area contributed by atoms with Crippen molar-refractivity contribution in [2.24, 2.45) is 5.92 Å². The minimum absolute atomic E-state index is 0.0466. The Kier molecular flexibility index (Phi) is 6.34. The molecule has 0 aliphatic carbocycles. The monoisotopic (exact) mass is 356 g/mol.